The Morgan fingerprint density at radius 2 is 1.58 bits per heavy atom. The highest BCUT2D eigenvalue weighted by Crippen LogP contribution is 2.34. The predicted molar refractivity (Wildman–Crippen MR) is 172 cm³/mol. The lowest BCUT2D eigenvalue weighted by Crippen LogP contribution is -2.47. The molecule has 2 aromatic carbocycles. The topological polar surface area (TPSA) is 96.4 Å². The van der Waals surface area contributed by atoms with Crippen molar-refractivity contribution in [2.24, 2.45) is 5.92 Å². The maximum Gasteiger partial charge on any atom is 0.410 e. The summed E-state index contributed by atoms with van der Waals surface area (Å²) in [5.74, 6) is -0.763. The van der Waals surface area contributed by atoms with Crippen LogP contribution < -0.4 is 0 Å². The van der Waals surface area contributed by atoms with E-state index in [9.17, 15) is 9.59 Å². The summed E-state index contributed by atoms with van der Waals surface area (Å²) in [5, 5.41) is 0. The number of carbonyl (C=O) groups excluding carboxylic acids is 2. The van der Waals surface area contributed by atoms with E-state index in [4.69, 9.17) is 23.7 Å². The predicted octanol–water partition coefficient (Wildman–Crippen LogP) is 6.40. The van der Waals surface area contributed by atoms with Crippen molar-refractivity contribution in [2.45, 2.75) is 58.8 Å². The molecule has 1 aromatic heterocycles. The Labute approximate surface area is 266 Å². The number of pyridine rings is 1. The van der Waals surface area contributed by atoms with Crippen molar-refractivity contribution < 1.29 is 33.3 Å². The van der Waals surface area contributed by atoms with Crippen LogP contribution in [0.2, 0.25) is 0 Å². The van der Waals surface area contributed by atoms with Gasteiger partial charge in [0.2, 0.25) is 0 Å². The first kappa shape index (κ1) is 34.1. The van der Waals surface area contributed by atoms with Crippen LogP contribution in [0.1, 0.15) is 56.7 Å². The van der Waals surface area contributed by atoms with Gasteiger partial charge in [0, 0.05) is 30.8 Å². The summed E-state index contributed by atoms with van der Waals surface area (Å²) in [4.78, 5) is 31.7. The zero-order chi connectivity index (χ0) is 32.1. The first-order valence-corrected chi connectivity index (χ1v) is 15.7. The fourth-order valence-corrected chi connectivity index (χ4v) is 5.25. The number of benzene rings is 2. The van der Waals surface area contributed by atoms with Gasteiger partial charge in [0.1, 0.15) is 5.60 Å². The highest BCUT2D eigenvalue weighted by Gasteiger charge is 2.38. The quantitative estimate of drug-likeness (QED) is 0.151. The summed E-state index contributed by atoms with van der Waals surface area (Å²) in [6.45, 7) is 11.3. The van der Waals surface area contributed by atoms with Crippen LogP contribution in [0, 0.1) is 5.92 Å². The summed E-state index contributed by atoms with van der Waals surface area (Å²) in [6, 6.07) is 22.1. The third kappa shape index (κ3) is 11.0. The van der Waals surface area contributed by atoms with Crippen molar-refractivity contribution >= 4 is 12.1 Å². The van der Waals surface area contributed by atoms with Crippen molar-refractivity contribution in [1.29, 1.82) is 0 Å². The minimum Gasteiger partial charge on any atom is -0.466 e. The van der Waals surface area contributed by atoms with Gasteiger partial charge in [-0.1, -0.05) is 54.6 Å². The molecule has 3 aromatic rings. The van der Waals surface area contributed by atoms with Gasteiger partial charge in [0.05, 0.1) is 57.9 Å². The average Bonchev–Trinajstić information content (AvgIpc) is 3.04. The maximum absolute atomic E-state index is 12.8. The average molecular weight is 619 g/mol. The molecular formula is C36H46N2O7. The number of likely N-dealkylation sites (tertiary alicyclic amines) is 1. The van der Waals surface area contributed by atoms with Gasteiger partial charge in [-0.3, -0.25) is 9.78 Å². The molecule has 0 saturated carbocycles. The molecule has 9 heteroatoms. The van der Waals surface area contributed by atoms with Crippen LogP contribution in [0.4, 0.5) is 4.79 Å². The zero-order valence-electron chi connectivity index (χ0n) is 26.9. The number of piperidine rings is 1. The molecule has 9 nitrogen and oxygen atoms in total. The lowest BCUT2D eigenvalue weighted by molar-refractivity contribution is -0.150. The van der Waals surface area contributed by atoms with Crippen molar-refractivity contribution in [2.75, 3.05) is 46.1 Å². The van der Waals surface area contributed by atoms with E-state index in [0.717, 1.165) is 27.9 Å². The molecule has 1 saturated heterocycles. The Hall–Kier alpha value is -3.79. The molecule has 0 aliphatic carbocycles. The van der Waals surface area contributed by atoms with Gasteiger partial charge in [0.25, 0.3) is 0 Å². The third-order valence-electron chi connectivity index (χ3n) is 7.43. The molecule has 1 fully saturated rings. The minimum absolute atomic E-state index is 0.201. The Morgan fingerprint density at radius 1 is 0.867 bits per heavy atom. The highest BCUT2D eigenvalue weighted by molar-refractivity contribution is 5.75. The molecule has 4 rings (SSSR count). The summed E-state index contributed by atoms with van der Waals surface area (Å²) in [7, 11) is 0. The lowest BCUT2D eigenvalue weighted by Gasteiger charge is -2.38. The van der Waals surface area contributed by atoms with E-state index in [-0.39, 0.29) is 23.9 Å². The second kappa shape index (κ2) is 17.1. The number of amides is 1. The fourth-order valence-electron chi connectivity index (χ4n) is 5.25. The van der Waals surface area contributed by atoms with Crippen LogP contribution in [0.3, 0.4) is 0 Å². The van der Waals surface area contributed by atoms with Gasteiger partial charge < -0.3 is 28.6 Å². The van der Waals surface area contributed by atoms with Crippen molar-refractivity contribution in [3.8, 4) is 11.3 Å². The Morgan fingerprint density at radius 3 is 2.24 bits per heavy atom. The van der Waals surface area contributed by atoms with Gasteiger partial charge in [-0.15, -0.1) is 0 Å². The minimum atomic E-state index is -0.591. The van der Waals surface area contributed by atoms with Crippen molar-refractivity contribution in [3.05, 3.63) is 89.6 Å². The second-order valence-electron chi connectivity index (χ2n) is 12.1. The normalized spacial score (nSPS) is 16.8. The van der Waals surface area contributed by atoms with E-state index in [1.807, 2.05) is 70.2 Å². The Balaban J connectivity index is 1.18. The van der Waals surface area contributed by atoms with E-state index < -0.39 is 5.60 Å². The monoisotopic (exact) mass is 618 g/mol. The standard InChI is InChI=1S/C36H46N2O7/c1-5-44-34(39)31-16-18-38(35(40)45-36(2,3)4)24-32(31)30-10-8-9-28(23-30)26-43-22-20-41-19-21-42-25-27-12-14-29(15-13-27)33-11-6-7-17-37-33/h6-15,17,23,31-32H,5,16,18-22,24-26H2,1-4H3. The number of ether oxygens (including phenoxy) is 5. The molecule has 1 aliphatic heterocycles. The number of carbonyl (C=O) groups is 2. The van der Waals surface area contributed by atoms with E-state index in [0.29, 0.717) is 65.8 Å². The van der Waals surface area contributed by atoms with E-state index in [1.54, 1.807) is 11.1 Å². The fraction of sp³-hybridized carbons (Fsp3) is 0.472. The number of rotatable bonds is 14. The van der Waals surface area contributed by atoms with Gasteiger partial charge in [-0.25, -0.2) is 4.79 Å². The number of hydrogen-bond acceptors (Lipinski definition) is 8. The molecule has 45 heavy (non-hydrogen) atoms. The molecule has 2 unspecified atom stereocenters. The first-order chi connectivity index (χ1) is 21.7. The Bertz CT molecular complexity index is 1340. The highest BCUT2D eigenvalue weighted by atomic mass is 16.6. The van der Waals surface area contributed by atoms with Gasteiger partial charge in [0.15, 0.2) is 0 Å². The SMILES string of the molecule is CCOC(=O)C1CCN(C(=O)OC(C)(C)C)CC1c1cccc(COCCOCCOCc2ccc(-c3ccccn3)cc2)c1. The lowest BCUT2D eigenvalue weighted by atomic mass is 9.80. The molecule has 0 N–H and O–H groups in total. The van der Waals surface area contributed by atoms with Crippen LogP contribution in [0.25, 0.3) is 11.3 Å². The van der Waals surface area contributed by atoms with E-state index in [1.165, 1.54) is 0 Å². The maximum atomic E-state index is 12.8. The van der Waals surface area contributed by atoms with Crippen LogP contribution in [-0.4, -0.2) is 73.7 Å². The number of aromatic nitrogens is 1. The van der Waals surface area contributed by atoms with Crippen LogP contribution in [0.5, 0.6) is 0 Å². The van der Waals surface area contributed by atoms with Crippen molar-refractivity contribution in [1.82, 2.24) is 9.88 Å². The van der Waals surface area contributed by atoms with Crippen molar-refractivity contribution in [3.63, 3.8) is 0 Å². The molecule has 1 aliphatic rings. The molecule has 242 valence electrons. The summed E-state index contributed by atoms with van der Waals surface area (Å²) >= 11 is 0. The molecule has 0 spiro atoms. The Kier molecular flexibility index (Phi) is 12.9. The number of esters is 1. The third-order valence-corrected chi connectivity index (χ3v) is 7.43. The van der Waals surface area contributed by atoms with Gasteiger partial charge >= 0.3 is 12.1 Å². The summed E-state index contributed by atoms with van der Waals surface area (Å²) in [6.07, 6.45) is 1.94. The smallest absolute Gasteiger partial charge is 0.410 e. The van der Waals surface area contributed by atoms with Gasteiger partial charge in [-0.2, -0.15) is 0 Å². The molecule has 2 heterocycles. The summed E-state index contributed by atoms with van der Waals surface area (Å²) < 4.78 is 28.3. The van der Waals surface area contributed by atoms with Crippen LogP contribution in [0.15, 0.2) is 72.9 Å². The molecular weight excluding hydrogens is 572 g/mol. The molecule has 0 radical (unpaired) electrons. The van der Waals surface area contributed by atoms with Gasteiger partial charge in [-0.05, 0) is 62.9 Å². The zero-order valence-corrected chi connectivity index (χ0v) is 26.9. The molecule has 0 bridgehead atoms. The van der Waals surface area contributed by atoms with Crippen LogP contribution >= 0.6 is 0 Å². The molecule has 1 amide bonds. The number of nitrogens with zero attached hydrogens (tertiary/aromatic N) is 2. The van der Waals surface area contributed by atoms with E-state index >= 15 is 0 Å². The number of hydrogen-bond donors (Lipinski definition) is 0. The van der Waals surface area contributed by atoms with E-state index in [2.05, 4.69) is 29.2 Å². The molecule has 2 atom stereocenters. The second-order valence-corrected chi connectivity index (χ2v) is 12.1. The summed E-state index contributed by atoms with van der Waals surface area (Å²) in [5.41, 5.74) is 4.50. The van der Waals surface area contributed by atoms with Crippen LogP contribution in [-0.2, 0) is 41.7 Å². The largest absolute Gasteiger partial charge is 0.466 e. The first-order valence-electron chi connectivity index (χ1n) is 15.7.